The van der Waals surface area contributed by atoms with Crippen molar-refractivity contribution in [2.75, 3.05) is 14.2 Å². The lowest BCUT2D eigenvalue weighted by Crippen LogP contribution is -2.45. The topological polar surface area (TPSA) is 18.5 Å². The summed E-state index contributed by atoms with van der Waals surface area (Å²) >= 11 is 0. The van der Waals surface area contributed by atoms with E-state index in [1.165, 1.54) is 10.8 Å². The Balaban J connectivity index is 2.69. The Morgan fingerprint density at radius 1 is 1.08 bits per heavy atom. The molecule has 0 unspecified atom stereocenters. The zero-order valence-electron chi connectivity index (χ0n) is 18.1. The Morgan fingerprint density at radius 2 is 1.73 bits per heavy atom. The first-order chi connectivity index (χ1) is 12.0. The molecule has 1 aliphatic rings. The van der Waals surface area contributed by atoms with Gasteiger partial charge in [0.1, 0.15) is 19.6 Å². The van der Waals surface area contributed by atoms with Crippen molar-refractivity contribution in [2.45, 2.75) is 66.0 Å². The molecule has 2 rings (SSSR count). The van der Waals surface area contributed by atoms with E-state index >= 15 is 0 Å². The number of ether oxygens (including phenoxy) is 2. The molecule has 3 heteroatoms. The molecular formula is C23H36O2Si. The molecule has 1 aliphatic carbocycles. The van der Waals surface area contributed by atoms with Crippen LogP contribution in [0.4, 0.5) is 0 Å². The van der Waals surface area contributed by atoms with Crippen LogP contribution in [0, 0.1) is 5.92 Å². The van der Waals surface area contributed by atoms with Crippen LogP contribution in [0.5, 0.6) is 11.5 Å². The van der Waals surface area contributed by atoms with E-state index in [-0.39, 0.29) is 5.41 Å². The van der Waals surface area contributed by atoms with Gasteiger partial charge in [-0.2, -0.15) is 0 Å². The molecule has 0 fully saturated rings. The van der Waals surface area contributed by atoms with E-state index in [0.717, 1.165) is 24.3 Å². The first kappa shape index (κ1) is 20.8. The van der Waals surface area contributed by atoms with Gasteiger partial charge in [0.25, 0.3) is 0 Å². The van der Waals surface area contributed by atoms with Crippen LogP contribution in [-0.4, -0.2) is 22.3 Å². The molecular weight excluding hydrogens is 336 g/mol. The van der Waals surface area contributed by atoms with Crippen molar-refractivity contribution in [3.8, 4) is 11.5 Å². The summed E-state index contributed by atoms with van der Waals surface area (Å²) in [6.07, 6.45) is 6.91. The van der Waals surface area contributed by atoms with Gasteiger partial charge in [-0.1, -0.05) is 70.6 Å². The standard InChI is InChI=1S/C23H36O2Si/c1-16(2)13-17-11-10-12-20(17)26(8,9)21-15-18(24-6)14-19(22(21)25-7)23(3,4)5/h10-11,14-16H,12-13H2,1-9H3. The first-order valence-corrected chi connectivity index (χ1v) is 12.7. The largest absolute Gasteiger partial charge is 0.497 e. The number of allylic oxidation sites excluding steroid dienone is 4. The summed E-state index contributed by atoms with van der Waals surface area (Å²) in [5.74, 6) is 2.66. The molecule has 0 amide bonds. The van der Waals surface area contributed by atoms with Crippen LogP contribution in [0.2, 0.25) is 13.1 Å². The summed E-state index contributed by atoms with van der Waals surface area (Å²) in [7, 11) is 1.68. The van der Waals surface area contributed by atoms with Crippen molar-refractivity contribution in [1.82, 2.24) is 0 Å². The van der Waals surface area contributed by atoms with E-state index in [1.807, 2.05) is 0 Å². The Bertz CT molecular complexity index is 718. The maximum absolute atomic E-state index is 6.00. The number of hydrogen-bond donors (Lipinski definition) is 0. The third-order valence-electron chi connectivity index (χ3n) is 5.39. The summed E-state index contributed by atoms with van der Waals surface area (Å²) in [5.41, 5.74) is 2.77. The summed E-state index contributed by atoms with van der Waals surface area (Å²) in [6, 6.07) is 4.36. The molecule has 0 saturated heterocycles. The molecule has 0 N–H and O–H groups in total. The molecule has 0 aliphatic heterocycles. The van der Waals surface area contributed by atoms with Gasteiger partial charge in [0, 0.05) is 5.56 Å². The summed E-state index contributed by atoms with van der Waals surface area (Å²) < 4.78 is 11.7. The fourth-order valence-corrected chi connectivity index (χ4v) is 7.21. The highest BCUT2D eigenvalue weighted by Gasteiger charge is 2.36. The van der Waals surface area contributed by atoms with Crippen molar-refractivity contribution in [3.05, 3.63) is 40.6 Å². The number of methoxy groups -OCH3 is 2. The van der Waals surface area contributed by atoms with Gasteiger partial charge in [-0.05, 0) is 41.5 Å². The smallest absolute Gasteiger partial charge is 0.122 e. The van der Waals surface area contributed by atoms with Gasteiger partial charge in [-0.15, -0.1) is 0 Å². The molecule has 1 aromatic carbocycles. The lowest BCUT2D eigenvalue weighted by molar-refractivity contribution is 0.391. The third kappa shape index (κ3) is 4.09. The highest BCUT2D eigenvalue weighted by molar-refractivity contribution is 6.96. The molecule has 0 aromatic heterocycles. The van der Waals surface area contributed by atoms with E-state index in [1.54, 1.807) is 25.0 Å². The second-order valence-electron chi connectivity index (χ2n) is 9.34. The minimum absolute atomic E-state index is 0.00217. The average molecular weight is 373 g/mol. The maximum Gasteiger partial charge on any atom is 0.122 e. The van der Waals surface area contributed by atoms with Gasteiger partial charge in [0.2, 0.25) is 0 Å². The Labute approximate surface area is 161 Å². The first-order valence-electron chi connectivity index (χ1n) is 9.68. The maximum atomic E-state index is 6.00. The third-order valence-corrected chi connectivity index (χ3v) is 9.15. The van der Waals surface area contributed by atoms with Crippen LogP contribution in [-0.2, 0) is 5.41 Å². The van der Waals surface area contributed by atoms with Crippen molar-refractivity contribution < 1.29 is 9.47 Å². The van der Waals surface area contributed by atoms with Crippen molar-refractivity contribution >= 4 is 13.3 Å². The molecule has 144 valence electrons. The van der Waals surface area contributed by atoms with E-state index in [4.69, 9.17) is 9.47 Å². The number of rotatable bonds is 6. The molecule has 0 bridgehead atoms. The fraction of sp³-hybridized carbons (Fsp3) is 0.565. The van der Waals surface area contributed by atoms with Crippen LogP contribution in [0.1, 0.15) is 53.0 Å². The Kier molecular flexibility index (Phi) is 6.12. The van der Waals surface area contributed by atoms with E-state index in [0.29, 0.717) is 5.92 Å². The van der Waals surface area contributed by atoms with Crippen LogP contribution in [0.25, 0.3) is 0 Å². The number of hydrogen-bond acceptors (Lipinski definition) is 2. The van der Waals surface area contributed by atoms with Crippen LogP contribution >= 0.6 is 0 Å². The SMILES string of the molecule is COc1cc(C(C)(C)C)c(OC)c([Si](C)(C)C2=C(CC(C)C)C=CC2)c1. The monoisotopic (exact) mass is 372 g/mol. The van der Waals surface area contributed by atoms with Crippen molar-refractivity contribution in [2.24, 2.45) is 5.92 Å². The van der Waals surface area contributed by atoms with Gasteiger partial charge < -0.3 is 9.47 Å². The summed E-state index contributed by atoms with van der Waals surface area (Å²) in [6.45, 7) is 16.2. The van der Waals surface area contributed by atoms with Gasteiger partial charge in [0.15, 0.2) is 0 Å². The Hall–Kier alpha value is -1.48. The van der Waals surface area contributed by atoms with Crippen LogP contribution < -0.4 is 14.7 Å². The molecule has 1 aromatic rings. The van der Waals surface area contributed by atoms with Gasteiger partial charge in [-0.3, -0.25) is 0 Å². The summed E-state index contributed by atoms with van der Waals surface area (Å²) in [4.78, 5) is 0. The predicted octanol–water partition coefficient (Wildman–Crippen LogP) is 5.76. The minimum Gasteiger partial charge on any atom is -0.497 e. The molecule has 0 saturated carbocycles. The van der Waals surface area contributed by atoms with Gasteiger partial charge in [-0.25, -0.2) is 0 Å². The molecule has 0 heterocycles. The molecule has 2 nitrogen and oxygen atoms in total. The van der Waals surface area contributed by atoms with Crippen molar-refractivity contribution in [3.63, 3.8) is 0 Å². The lowest BCUT2D eigenvalue weighted by Gasteiger charge is -2.32. The highest BCUT2D eigenvalue weighted by atomic mass is 28.3. The average Bonchev–Trinajstić information content (AvgIpc) is 3.00. The van der Waals surface area contributed by atoms with E-state index in [2.05, 4.69) is 72.0 Å². The van der Waals surface area contributed by atoms with Crippen LogP contribution in [0.15, 0.2) is 35.1 Å². The molecule has 26 heavy (non-hydrogen) atoms. The number of benzene rings is 1. The lowest BCUT2D eigenvalue weighted by atomic mass is 9.86. The highest BCUT2D eigenvalue weighted by Crippen LogP contribution is 2.38. The minimum atomic E-state index is -1.89. The van der Waals surface area contributed by atoms with E-state index in [9.17, 15) is 0 Å². The van der Waals surface area contributed by atoms with Gasteiger partial charge >= 0.3 is 0 Å². The van der Waals surface area contributed by atoms with Gasteiger partial charge in [0.05, 0.1) is 14.2 Å². The van der Waals surface area contributed by atoms with Crippen molar-refractivity contribution in [1.29, 1.82) is 0 Å². The predicted molar refractivity (Wildman–Crippen MR) is 116 cm³/mol. The molecule has 0 spiro atoms. The Morgan fingerprint density at radius 3 is 2.23 bits per heavy atom. The zero-order chi connectivity index (χ0) is 19.7. The summed E-state index contributed by atoms with van der Waals surface area (Å²) in [5, 5.41) is 2.99. The fourth-order valence-electron chi connectivity index (χ4n) is 3.96. The molecule has 0 radical (unpaired) electrons. The van der Waals surface area contributed by atoms with E-state index < -0.39 is 8.07 Å². The zero-order valence-corrected chi connectivity index (χ0v) is 19.1. The molecule has 0 atom stereocenters. The normalized spacial score (nSPS) is 15.2. The van der Waals surface area contributed by atoms with Crippen LogP contribution in [0.3, 0.4) is 0 Å². The second-order valence-corrected chi connectivity index (χ2v) is 13.7. The second kappa shape index (κ2) is 7.64. The quantitative estimate of drug-likeness (QED) is 0.591.